The van der Waals surface area contributed by atoms with Crippen LogP contribution in [0.15, 0.2) is 60.7 Å². The fourth-order valence-corrected chi connectivity index (χ4v) is 2.95. The fraction of sp³-hybridized carbons (Fsp3) is 0.385. The smallest absolute Gasteiger partial charge is 0.408 e. The van der Waals surface area contributed by atoms with Crippen LogP contribution in [-0.4, -0.2) is 28.7 Å². The lowest BCUT2D eigenvalue weighted by atomic mass is 9.88. The molecule has 0 aliphatic carbocycles. The Balaban J connectivity index is 2.25. The van der Waals surface area contributed by atoms with E-state index < -0.39 is 40.1 Å². The largest absolute Gasteiger partial charge is 0.456 e. The summed E-state index contributed by atoms with van der Waals surface area (Å²) in [5.41, 5.74) is 0.0964. The summed E-state index contributed by atoms with van der Waals surface area (Å²) in [4.78, 5) is 36.0. The van der Waals surface area contributed by atoms with Crippen molar-refractivity contribution in [2.24, 2.45) is 5.41 Å². The summed E-state index contributed by atoms with van der Waals surface area (Å²) in [7, 11) is 0. The lowest BCUT2D eigenvalue weighted by molar-refractivity contribution is -0.384. The maximum atomic E-state index is 13.2. The van der Waals surface area contributed by atoms with Crippen molar-refractivity contribution in [2.75, 3.05) is 0 Å². The van der Waals surface area contributed by atoms with Crippen molar-refractivity contribution in [2.45, 2.75) is 59.3 Å². The Labute approximate surface area is 200 Å². The average Bonchev–Trinajstić information content (AvgIpc) is 2.73. The van der Waals surface area contributed by atoms with E-state index in [0.717, 1.165) is 5.56 Å². The van der Waals surface area contributed by atoms with Gasteiger partial charge in [0.1, 0.15) is 11.7 Å². The van der Waals surface area contributed by atoms with Crippen LogP contribution >= 0.6 is 0 Å². The molecule has 0 heterocycles. The third-order valence-electron chi connectivity index (χ3n) is 4.69. The third kappa shape index (κ3) is 8.35. The van der Waals surface area contributed by atoms with Crippen LogP contribution < -0.4 is 5.32 Å². The second-order valence-corrected chi connectivity index (χ2v) is 9.92. The molecule has 34 heavy (non-hydrogen) atoms. The molecular weight excluding hydrogens is 436 g/mol. The highest BCUT2D eigenvalue weighted by Gasteiger charge is 2.32. The first-order valence-corrected chi connectivity index (χ1v) is 10.9. The highest BCUT2D eigenvalue weighted by Crippen LogP contribution is 2.27. The molecule has 2 aromatic rings. The number of hydrogen-bond donors (Lipinski definition) is 1. The zero-order chi connectivity index (χ0) is 25.5. The summed E-state index contributed by atoms with van der Waals surface area (Å²) in [6.07, 6.45) is 2.11. The number of carbonyl (C=O) groups excluding carboxylic acids is 2. The maximum absolute atomic E-state index is 13.2. The Bertz CT molecular complexity index is 1020. The van der Waals surface area contributed by atoms with Crippen molar-refractivity contribution in [3.05, 3.63) is 81.9 Å². The number of non-ortho nitro benzene ring substituents is 1. The number of nitrogens with one attached hydrogen (secondary N) is 1. The van der Waals surface area contributed by atoms with E-state index in [4.69, 9.17) is 9.47 Å². The zero-order valence-corrected chi connectivity index (χ0v) is 20.4. The van der Waals surface area contributed by atoms with Gasteiger partial charge in [0.15, 0.2) is 6.04 Å². The molecule has 0 saturated heterocycles. The molecular formula is C26H32N2O6. The van der Waals surface area contributed by atoms with Gasteiger partial charge in [0.05, 0.1) is 4.92 Å². The first-order valence-electron chi connectivity index (χ1n) is 10.9. The van der Waals surface area contributed by atoms with Gasteiger partial charge in [0.2, 0.25) is 0 Å². The molecule has 2 atom stereocenters. The van der Waals surface area contributed by atoms with Crippen molar-refractivity contribution in [3.63, 3.8) is 0 Å². The molecule has 1 unspecified atom stereocenters. The summed E-state index contributed by atoms with van der Waals surface area (Å²) in [5.74, 6) is -0.634. The van der Waals surface area contributed by atoms with Gasteiger partial charge in [-0.15, -0.1) is 0 Å². The number of benzene rings is 2. The number of hydrogen-bond acceptors (Lipinski definition) is 6. The number of carbonyl (C=O) groups is 2. The first-order chi connectivity index (χ1) is 15.8. The van der Waals surface area contributed by atoms with E-state index in [2.05, 4.69) is 5.32 Å². The number of esters is 1. The van der Waals surface area contributed by atoms with Gasteiger partial charge < -0.3 is 14.8 Å². The SMILES string of the molecule is CC(C)(C)OC(=O)N[C@@H](C(=O)OC(/C=C/c1ccc([N+](=O)[O-])cc1)C(C)(C)C)c1ccccc1. The van der Waals surface area contributed by atoms with E-state index in [-0.39, 0.29) is 5.69 Å². The summed E-state index contributed by atoms with van der Waals surface area (Å²) in [5, 5.41) is 13.5. The third-order valence-corrected chi connectivity index (χ3v) is 4.69. The standard InChI is InChI=1S/C26H32N2O6/c1-25(2,3)21(17-14-18-12-15-20(16-13-18)28(31)32)33-23(29)22(19-10-8-7-9-11-19)27-24(30)34-26(4,5)6/h7-17,21-22H,1-6H3,(H,27,30)/b17-14+/t21?,22-/m1/s1. The normalized spacial score (nSPS) is 13.7. The van der Waals surface area contributed by atoms with Gasteiger partial charge in [-0.05, 0) is 50.1 Å². The zero-order valence-electron chi connectivity index (χ0n) is 20.4. The number of rotatable bonds is 7. The van der Waals surface area contributed by atoms with Crippen LogP contribution in [0.5, 0.6) is 0 Å². The number of alkyl carbamates (subject to hydrolysis) is 1. The summed E-state index contributed by atoms with van der Waals surface area (Å²) in [6.45, 7) is 11.0. The van der Waals surface area contributed by atoms with Crippen LogP contribution in [0.4, 0.5) is 10.5 Å². The van der Waals surface area contributed by atoms with Crippen LogP contribution in [0.25, 0.3) is 6.08 Å². The first kappa shape index (κ1) is 26.6. The van der Waals surface area contributed by atoms with Gasteiger partial charge in [0.25, 0.3) is 5.69 Å². The predicted molar refractivity (Wildman–Crippen MR) is 130 cm³/mol. The minimum atomic E-state index is -1.06. The Kier molecular flexibility index (Phi) is 8.57. The van der Waals surface area contributed by atoms with Gasteiger partial charge >= 0.3 is 12.1 Å². The van der Waals surface area contributed by atoms with Gasteiger partial charge in [-0.25, -0.2) is 9.59 Å². The predicted octanol–water partition coefficient (Wildman–Crippen LogP) is 5.83. The number of amides is 1. The number of nitrogens with zero attached hydrogens (tertiary/aromatic N) is 1. The Morgan fingerprint density at radius 2 is 1.56 bits per heavy atom. The van der Waals surface area contributed by atoms with Crippen LogP contribution in [0.2, 0.25) is 0 Å². The topological polar surface area (TPSA) is 108 Å². The fourth-order valence-electron chi connectivity index (χ4n) is 2.95. The molecule has 8 nitrogen and oxygen atoms in total. The van der Waals surface area contributed by atoms with E-state index in [0.29, 0.717) is 5.56 Å². The molecule has 0 radical (unpaired) electrons. The average molecular weight is 469 g/mol. The van der Waals surface area contributed by atoms with Crippen molar-refractivity contribution in [3.8, 4) is 0 Å². The molecule has 0 aliphatic heterocycles. The molecule has 0 spiro atoms. The van der Waals surface area contributed by atoms with E-state index >= 15 is 0 Å². The van der Waals surface area contributed by atoms with E-state index in [1.165, 1.54) is 12.1 Å². The van der Waals surface area contributed by atoms with Crippen molar-refractivity contribution in [1.29, 1.82) is 0 Å². The second kappa shape index (κ2) is 11.0. The van der Waals surface area contributed by atoms with Crippen molar-refractivity contribution < 1.29 is 24.0 Å². The van der Waals surface area contributed by atoms with Crippen molar-refractivity contribution in [1.82, 2.24) is 5.32 Å². The molecule has 182 valence electrons. The van der Waals surface area contributed by atoms with Crippen LogP contribution in [-0.2, 0) is 14.3 Å². The van der Waals surface area contributed by atoms with Gasteiger partial charge in [-0.2, -0.15) is 0 Å². The highest BCUT2D eigenvalue weighted by molar-refractivity contribution is 5.83. The minimum absolute atomic E-state index is 0.00475. The van der Waals surface area contributed by atoms with Gasteiger partial charge in [-0.3, -0.25) is 10.1 Å². The van der Waals surface area contributed by atoms with E-state index in [1.807, 2.05) is 26.8 Å². The van der Waals surface area contributed by atoms with Crippen LogP contribution in [0.1, 0.15) is 58.7 Å². The molecule has 8 heteroatoms. The maximum Gasteiger partial charge on any atom is 0.408 e. The molecule has 0 aliphatic rings. The minimum Gasteiger partial charge on any atom is -0.456 e. The summed E-state index contributed by atoms with van der Waals surface area (Å²) < 4.78 is 11.2. The van der Waals surface area contributed by atoms with Crippen molar-refractivity contribution >= 4 is 23.8 Å². The monoisotopic (exact) mass is 468 g/mol. The second-order valence-electron chi connectivity index (χ2n) is 9.92. The van der Waals surface area contributed by atoms with Gasteiger partial charge in [-0.1, -0.05) is 57.2 Å². The molecule has 2 aromatic carbocycles. The number of nitro groups is 1. The molecule has 0 fully saturated rings. The van der Waals surface area contributed by atoms with Crippen LogP contribution in [0, 0.1) is 15.5 Å². The molecule has 0 aromatic heterocycles. The summed E-state index contributed by atoms with van der Waals surface area (Å²) >= 11 is 0. The molecule has 2 rings (SSSR count). The lowest BCUT2D eigenvalue weighted by Gasteiger charge is -2.30. The Hall–Kier alpha value is -3.68. The van der Waals surface area contributed by atoms with Gasteiger partial charge in [0, 0.05) is 17.5 Å². The number of ether oxygens (including phenoxy) is 2. The molecule has 1 amide bonds. The number of nitro benzene ring substituents is 1. The van der Waals surface area contributed by atoms with E-state index in [1.54, 1.807) is 69.3 Å². The summed E-state index contributed by atoms with van der Waals surface area (Å²) in [6, 6.07) is 13.8. The highest BCUT2D eigenvalue weighted by atomic mass is 16.6. The molecule has 1 N–H and O–H groups in total. The Morgan fingerprint density at radius 3 is 2.06 bits per heavy atom. The van der Waals surface area contributed by atoms with Crippen LogP contribution in [0.3, 0.4) is 0 Å². The molecule has 0 saturated carbocycles. The van der Waals surface area contributed by atoms with E-state index in [9.17, 15) is 19.7 Å². The lowest BCUT2D eigenvalue weighted by Crippen LogP contribution is -2.41. The molecule has 0 bridgehead atoms. The quantitative estimate of drug-likeness (QED) is 0.311. The Morgan fingerprint density at radius 1 is 0.971 bits per heavy atom.